The Morgan fingerprint density at radius 2 is 1.35 bits per heavy atom. The van der Waals surface area contributed by atoms with E-state index in [1.807, 2.05) is 62.3 Å². The molecule has 0 aliphatic rings. The number of nitrogens with zero attached hydrogens (tertiary/aromatic N) is 1. The number of nitrogens with one attached hydrogen (secondary N) is 2. The molecule has 0 bridgehead atoms. The molecule has 2 aromatic carbocycles. The van der Waals surface area contributed by atoms with Gasteiger partial charge < -0.3 is 10.2 Å². The van der Waals surface area contributed by atoms with Gasteiger partial charge in [0.05, 0.1) is 5.75 Å². The van der Waals surface area contributed by atoms with Crippen LogP contribution in [0.1, 0.15) is 13.3 Å². The summed E-state index contributed by atoms with van der Waals surface area (Å²) in [6, 6.07) is 15.3. The summed E-state index contributed by atoms with van der Waals surface area (Å²) in [5.41, 5.74) is 3.60. The van der Waals surface area contributed by atoms with Gasteiger partial charge in [-0.3, -0.25) is 4.72 Å². The Morgan fingerprint density at radius 1 is 0.870 bits per heavy atom. The van der Waals surface area contributed by atoms with Crippen LogP contribution in [0.3, 0.4) is 0 Å². The molecule has 0 atom stereocenters. The molecule has 5 nitrogen and oxygen atoms in total. The van der Waals surface area contributed by atoms with Crippen LogP contribution >= 0.6 is 0 Å². The van der Waals surface area contributed by atoms with Gasteiger partial charge in [0, 0.05) is 36.8 Å². The van der Waals surface area contributed by atoms with Gasteiger partial charge in [-0.05, 0) is 55.0 Å². The van der Waals surface area contributed by atoms with Crippen molar-refractivity contribution in [3.8, 4) is 0 Å². The average Bonchev–Trinajstić information content (AvgIpc) is 2.49. The molecule has 0 amide bonds. The van der Waals surface area contributed by atoms with Crippen LogP contribution in [-0.2, 0) is 10.0 Å². The van der Waals surface area contributed by atoms with E-state index in [0.29, 0.717) is 12.1 Å². The third-order valence-corrected chi connectivity index (χ3v) is 4.80. The second kappa shape index (κ2) is 7.37. The first-order valence-corrected chi connectivity index (χ1v) is 9.20. The number of sulfonamides is 1. The predicted molar refractivity (Wildman–Crippen MR) is 98.2 cm³/mol. The molecule has 0 saturated carbocycles. The minimum Gasteiger partial charge on any atom is -0.378 e. The van der Waals surface area contributed by atoms with Gasteiger partial charge in [-0.2, -0.15) is 0 Å². The molecule has 0 fully saturated rings. The smallest absolute Gasteiger partial charge is 0.232 e. The Bertz CT molecular complexity index is 723. The number of anilines is 4. The summed E-state index contributed by atoms with van der Waals surface area (Å²) in [7, 11) is 0.757. The fourth-order valence-electron chi connectivity index (χ4n) is 2.13. The highest BCUT2D eigenvalue weighted by Gasteiger charge is 2.08. The predicted octanol–water partition coefficient (Wildman–Crippen LogP) is 3.65. The lowest BCUT2D eigenvalue weighted by atomic mass is 10.2. The van der Waals surface area contributed by atoms with Crippen LogP contribution in [0.25, 0.3) is 0 Å². The number of benzene rings is 2. The minimum atomic E-state index is -3.24. The maximum Gasteiger partial charge on any atom is 0.232 e. The summed E-state index contributed by atoms with van der Waals surface area (Å²) < 4.78 is 26.0. The minimum absolute atomic E-state index is 0.130. The van der Waals surface area contributed by atoms with E-state index in [0.717, 1.165) is 17.1 Å². The quantitative estimate of drug-likeness (QED) is 0.812. The van der Waals surface area contributed by atoms with Crippen molar-refractivity contribution in [3.05, 3.63) is 48.5 Å². The molecule has 0 saturated heterocycles. The molecule has 0 aliphatic carbocycles. The summed E-state index contributed by atoms with van der Waals surface area (Å²) in [5.74, 6) is 0.130. The zero-order chi connectivity index (χ0) is 16.9. The summed E-state index contributed by atoms with van der Waals surface area (Å²) in [5, 5.41) is 3.29. The monoisotopic (exact) mass is 333 g/mol. The number of hydrogen-bond acceptors (Lipinski definition) is 4. The zero-order valence-electron chi connectivity index (χ0n) is 13.7. The third-order valence-electron chi connectivity index (χ3n) is 3.30. The number of hydrogen-bond donors (Lipinski definition) is 2. The summed E-state index contributed by atoms with van der Waals surface area (Å²) in [6.45, 7) is 1.84. The van der Waals surface area contributed by atoms with E-state index in [1.54, 1.807) is 12.1 Å². The molecule has 0 spiro atoms. The summed E-state index contributed by atoms with van der Waals surface area (Å²) in [6.07, 6.45) is 0.595. The van der Waals surface area contributed by atoms with Crippen molar-refractivity contribution in [2.45, 2.75) is 13.3 Å². The van der Waals surface area contributed by atoms with Crippen LogP contribution in [0, 0.1) is 0 Å². The molecule has 23 heavy (non-hydrogen) atoms. The maximum atomic E-state index is 11.7. The van der Waals surface area contributed by atoms with Gasteiger partial charge in [0.25, 0.3) is 0 Å². The van der Waals surface area contributed by atoms with E-state index in [2.05, 4.69) is 10.0 Å². The van der Waals surface area contributed by atoms with Crippen LogP contribution in [0.2, 0.25) is 0 Å². The Labute approximate surface area is 138 Å². The molecule has 0 unspecified atom stereocenters. The third kappa shape index (κ3) is 5.17. The second-order valence-corrected chi connectivity index (χ2v) is 7.41. The van der Waals surface area contributed by atoms with Crippen LogP contribution < -0.4 is 14.9 Å². The number of rotatable bonds is 7. The molecule has 0 aromatic heterocycles. The van der Waals surface area contributed by atoms with Crippen LogP contribution in [0.15, 0.2) is 48.5 Å². The highest BCUT2D eigenvalue weighted by atomic mass is 32.2. The van der Waals surface area contributed by atoms with Crippen molar-refractivity contribution in [1.82, 2.24) is 0 Å². The normalized spacial score (nSPS) is 11.1. The highest BCUT2D eigenvalue weighted by Crippen LogP contribution is 2.21. The second-order valence-electron chi connectivity index (χ2n) is 5.56. The topological polar surface area (TPSA) is 61.4 Å². The van der Waals surface area contributed by atoms with Gasteiger partial charge in [-0.15, -0.1) is 0 Å². The molecule has 2 N–H and O–H groups in total. The molecule has 0 aliphatic heterocycles. The van der Waals surface area contributed by atoms with Gasteiger partial charge in [-0.25, -0.2) is 8.42 Å². The van der Waals surface area contributed by atoms with Crippen LogP contribution in [0.4, 0.5) is 22.7 Å². The Kier molecular flexibility index (Phi) is 5.50. The molecular formula is C17H23N3O2S. The fourth-order valence-corrected chi connectivity index (χ4v) is 3.27. The summed E-state index contributed by atoms with van der Waals surface area (Å²) >= 11 is 0. The highest BCUT2D eigenvalue weighted by molar-refractivity contribution is 7.92. The Morgan fingerprint density at radius 3 is 1.83 bits per heavy atom. The van der Waals surface area contributed by atoms with Crippen molar-refractivity contribution in [1.29, 1.82) is 0 Å². The molecule has 0 heterocycles. The molecule has 2 rings (SSSR count). The molecule has 0 radical (unpaired) electrons. The van der Waals surface area contributed by atoms with Crippen molar-refractivity contribution in [2.24, 2.45) is 0 Å². The lowest BCUT2D eigenvalue weighted by molar-refractivity contribution is 0.600. The standard InChI is InChI=1S/C17H23N3O2S/c1-4-13-23(21,22)19-16-7-5-14(6-8-16)18-15-9-11-17(12-10-15)20(2)3/h5-12,18-19H,4,13H2,1-3H3. The first-order valence-electron chi connectivity index (χ1n) is 7.54. The van der Waals surface area contributed by atoms with E-state index in [-0.39, 0.29) is 5.75 Å². The lowest BCUT2D eigenvalue weighted by Crippen LogP contribution is -2.15. The molecule has 2 aromatic rings. The van der Waals surface area contributed by atoms with Gasteiger partial charge in [-0.1, -0.05) is 6.92 Å². The van der Waals surface area contributed by atoms with E-state index in [1.165, 1.54) is 0 Å². The first kappa shape index (κ1) is 17.1. The largest absolute Gasteiger partial charge is 0.378 e. The van der Waals surface area contributed by atoms with E-state index < -0.39 is 10.0 Å². The summed E-state index contributed by atoms with van der Waals surface area (Å²) in [4.78, 5) is 2.04. The van der Waals surface area contributed by atoms with Crippen molar-refractivity contribution >= 4 is 32.8 Å². The maximum absolute atomic E-state index is 11.7. The van der Waals surface area contributed by atoms with Gasteiger partial charge in [0.1, 0.15) is 0 Å². The van der Waals surface area contributed by atoms with Crippen LogP contribution in [0.5, 0.6) is 0 Å². The van der Waals surface area contributed by atoms with Crippen molar-refractivity contribution < 1.29 is 8.42 Å². The van der Waals surface area contributed by atoms with Gasteiger partial charge in [0.2, 0.25) is 10.0 Å². The van der Waals surface area contributed by atoms with E-state index in [4.69, 9.17) is 0 Å². The van der Waals surface area contributed by atoms with Gasteiger partial charge >= 0.3 is 0 Å². The van der Waals surface area contributed by atoms with Crippen molar-refractivity contribution in [2.75, 3.05) is 34.8 Å². The average molecular weight is 333 g/mol. The fraction of sp³-hybridized carbons (Fsp3) is 0.294. The lowest BCUT2D eigenvalue weighted by Gasteiger charge is -2.13. The zero-order valence-corrected chi connectivity index (χ0v) is 14.5. The Hall–Kier alpha value is -2.21. The van der Waals surface area contributed by atoms with Gasteiger partial charge in [0.15, 0.2) is 0 Å². The molecule has 124 valence electrons. The van der Waals surface area contributed by atoms with Crippen molar-refractivity contribution in [3.63, 3.8) is 0 Å². The molecular weight excluding hydrogens is 310 g/mol. The Balaban J connectivity index is 2.02. The first-order chi connectivity index (χ1) is 10.9. The van der Waals surface area contributed by atoms with E-state index in [9.17, 15) is 8.42 Å². The van der Waals surface area contributed by atoms with Crippen LogP contribution in [-0.4, -0.2) is 28.3 Å². The SMILES string of the molecule is CCCS(=O)(=O)Nc1ccc(Nc2ccc(N(C)C)cc2)cc1. The molecule has 6 heteroatoms. The van der Waals surface area contributed by atoms with E-state index >= 15 is 0 Å².